The van der Waals surface area contributed by atoms with Crippen LogP contribution in [-0.4, -0.2) is 41.8 Å². The summed E-state index contributed by atoms with van der Waals surface area (Å²) in [5, 5.41) is 13.2. The third kappa shape index (κ3) is 2.99. The summed E-state index contributed by atoms with van der Waals surface area (Å²) in [6.45, 7) is 2.55. The number of aromatic hydroxyl groups is 1. The molecule has 1 aromatic rings. The van der Waals surface area contributed by atoms with E-state index in [9.17, 15) is 9.90 Å². The number of phenols is 1. The van der Waals surface area contributed by atoms with Crippen molar-refractivity contribution in [3.8, 4) is 17.2 Å². The number of ether oxygens (including phenoxy) is 2. The Labute approximate surface area is 134 Å². The van der Waals surface area contributed by atoms with Gasteiger partial charge in [0.2, 0.25) is 5.75 Å². The zero-order valence-corrected chi connectivity index (χ0v) is 13.5. The first-order valence-electron chi connectivity index (χ1n) is 6.81. The van der Waals surface area contributed by atoms with E-state index in [0.29, 0.717) is 22.9 Å². The molecule has 0 saturated carbocycles. The topological polar surface area (TPSA) is 71.0 Å². The van der Waals surface area contributed by atoms with Crippen LogP contribution in [0.5, 0.6) is 17.2 Å². The van der Waals surface area contributed by atoms with Crippen molar-refractivity contribution in [2.24, 2.45) is 0 Å². The normalized spacial score (nSPS) is 16.1. The summed E-state index contributed by atoms with van der Waals surface area (Å²) in [5.74, 6) is 0.285. The predicted octanol–water partition coefficient (Wildman–Crippen LogP) is 1.88. The van der Waals surface area contributed by atoms with E-state index in [0.717, 1.165) is 6.42 Å². The average Bonchev–Trinajstić information content (AvgIpc) is 2.76. The minimum absolute atomic E-state index is 0.0824. The van der Waals surface area contributed by atoms with Crippen molar-refractivity contribution in [2.75, 3.05) is 20.8 Å². The number of nitrogens with zero attached hydrogens (tertiary/aromatic N) is 1. The minimum Gasteiger partial charge on any atom is -0.502 e. The van der Waals surface area contributed by atoms with Gasteiger partial charge in [0, 0.05) is 6.54 Å². The zero-order valence-electron chi connectivity index (χ0n) is 12.7. The molecule has 0 spiro atoms. The van der Waals surface area contributed by atoms with Gasteiger partial charge in [-0.15, -0.1) is 0 Å². The maximum atomic E-state index is 12.3. The van der Waals surface area contributed by atoms with Crippen molar-refractivity contribution in [2.45, 2.75) is 13.3 Å². The van der Waals surface area contributed by atoms with Crippen molar-refractivity contribution in [1.29, 1.82) is 0 Å². The summed E-state index contributed by atoms with van der Waals surface area (Å²) >= 11 is 5.16. The number of amides is 1. The number of carbonyl (C=O) groups is 1. The Balaban J connectivity index is 2.37. The van der Waals surface area contributed by atoms with Crippen LogP contribution in [0.3, 0.4) is 0 Å². The standard InChI is InChI=1S/C15H18N2O4S/c1-4-5-17-14(19)10(16-15(17)22)6-9-7-11(20-2)13(18)12(8-9)21-3/h6-8,18H,4-5H2,1-3H3,(H,16,22). The summed E-state index contributed by atoms with van der Waals surface area (Å²) in [6, 6.07) is 3.23. The van der Waals surface area contributed by atoms with Crippen LogP contribution in [0.2, 0.25) is 0 Å². The summed E-state index contributed by atoms with van der Waals surface area (Å²) in [6.07, 6.45) is 2.47. The molecule has 1 amide bonds. The number of carbonyl (C=O) groups excluding carboxylic acids is 1. The van der Waals surface area contributed by atoms with Crippen LogP contribution in [0.25, 0.3) is 6.08 Å². The molecule has 0 radical (unpaired) electrons. The first-order chi connectivity index (χ1) is 10.5. The van der Waals surface area contributed by atoms with Gasteiger partial charge in [0.25, 0.3) is 5.91 Å². The van der Waals surface area contributed by atoms with Crippen LogP contribution in [0.15, 0.2) is 17.8 Å². The molecule has 2 N–H and O–H groups in total. The van der Waals surface area contributed by atoms with Crippen molar-refractivity contribution in [3.05, 3.63) is 23.4 Å². The molecule has 1 heterocycles. The van der Waals surface area contributed by atoms with Gasteiger partial charge < -0.3 is 19.9 Å². The molecule has 1 saturated heterocycles. The maximum absolute atomic E-state index is 12.3. The second-order valence-electron chi connectivity index (χ2n) is 4.72. The second-order valence-corrected chi connectivity index (χ2v) is 5.11. The zero-order chi connectivity index (χ0) is 16.3. The molecule has 0 atom stereocenters. The van der Waals surface area contributed by atoms with Gasteiger partial charge in [-0.2, -0.15) is 0 Å². The molecule has 1 aromatic carbocycles. The lowest BCUT2D eigenvalue weighted by Gasteiger charge is -2.11. The van der Waals surface area contributed by atoms with Gasteiger partial charge in [-0.3, -0.25) is 9.69 Å². The molecule has 22 heavy (non-hydrogen) atoms. The SMILES string of the molecule is CCCN1C(=O)C(=Cc2cc(OC)c(O)c(OC)c2)NC1=S. The van der Waals surface area contributed by atoms with E-state index < -0.39 is 0 Å². The van der Waals surface area contributed by atoms with Gasteiger partial charge in [0.1, 0.15) is 5.70 Å². The van der Waals surface area contributed by atoms with Crippen molar-refractivity contribution < 1.29 is 19.4 Å². The van der Waals surface area contributed by atoms with Crippen molar-refractivity contribution >= 4 is 29.3 Å². The van der Waals surface area contributed by atoms with Crippen molar-refractivity contribution in [3.63, 3.8) is 0 Å². The second kappa shape index (κ2) is 6.65. The lowest BCUT2D eigenvalue weighted by Crippen LogP contribution is -2.31. The Morgan fingerprint density at radius 3 is 2.41 bits per heavy atom. The molecule has 1 aliphatic rings. The first kappa shape index (κ1) is 16.1. The van der Waals surface area contributed by atoms with Gasteiger partial charge in [0.15, 0.2) is 16.6 Å². The lowest BCUT2D eigenvalue weighted by molar-refractivity contribution is -0.122. The first-order valence-corrected chi connectivity index (χ1v) is 7.22. The molecular formula is C15H18N2O4S. The van der Waals surface area contributed by atoms with E-state index in [-0.39, 0.29) is 23.2 Å². The van der Waals surface area contributed by atoms with Crippen LogP contribution >= 0.6 is 12.2 Å². The fraction of sp³-hybridized carbons (Fsp3) is 0.333. The molecule has 0 unspecified atom stereocenters. The largest absolute Gasteiger partial charge is 0.502 e. The summed E-state index contributed by atoms with van der Waals surface area (Å²) in [7, 11) is 2.89. The number of hydrogen-bond acceptors (Lipinski definition) is 5. The van der Waals surface area contributed by atoms with Crippen molar-refractivity contribution in [1.82, 2.24) is 10.2 Å². The highest BCUT2D eigenvalue weighted by Crippen LogP contribution is 2.37. The fourth-order valence-corrected chi connectivity index (χ4v) is 2.45. The van der Waals surface area contributed by atoms with Crippen LogP contribution in [0.1, 0.15) is 18.9 Å². The Kier molecular flexibility index (Phi) is 4.87. The highest BCUT2D eigenvalue weighted by molar-refractivity contribution is 7.80. The number of thiocarbonyl (C=S) groups is 1. The number of benzene rings is 1. The number of hydrogen-bond donors (Lipinski definition) is 2. The van der Waals surface area contributed by atoms with E-state index in [1.165, 1.54) is 19.1 Å². The van der Waals surface area contributed by atoms with E-state index in [1.807, 2.05) is 6.92 Å². The number of rotatable bonds is 5. The number of nitrogens with one attached hydrogen (secondary N) is 1. The monoisotopic (exact) mass is 322 g/mol. The van der Waals surface area contributed by atoms with E-state index >= 15 is 0 Å². The van der Waals surface area contributed by atoms with Gasteiger partial charge in [-0.05, 0) is 42.4 Å². The van der Waals surface area contributed by atoms with E-state index in [1.54, 1.807) is 18.2 Å². The Morgan fingerprint density at radius 2 is 1.91 bits per heavy atom. The third-order valence-corrected chi connectivity index (χ3v) is 3.55. The van der Waals surface area contributed by atoms with Gasteiger partial charge in [0.05, 0.1) is 14.2 Å². The molecule has 7 heteroatoms. The summed E-state index contributed by atoms with van der Waals surface area (Å²) in [5.41, 5.74) is 1.04. The average molecular weight is 322 g/mol. The third-order valence-electron chi connectivity index (χ3n) is 3.22. The molecule has 6 nitrogen and oxygen atoms in total. The van der Waals surface area contributed by atoms with E-state index in [2.05, 4.69) is 5.32 Å². The summed E-state index contributed by atoms with van der Waals surface area (Å²) < 4.78 is 10.2. The Morgan fingerprint density at radius 1 is 1.32 bits per heavy atom. The molecular weight excluding hydrogens is 304 g/mol. The Hall–Kier alpha value is -2.28. The number of methoxy groups -OCH3 is 2. The maximum Gasteiger partial charge on any atom is 0.276 e. The molecule has 0 aliphatic carbocycles. The smallest absolute Gasteiger partial charge is 0.276 e. The fourth-order valence-electron chi connectivity index (χ4n) is 2.16. The van der Waals surface area contributed by atoms with Gasteiger partial charge >= 0.3 is 0 Å². The highest BCUT2D eigenvalue weighted by atomic mass is 32.1. The molecule has 2 rings (SSSR count). The lowest BCUT2D eigenvalue weighted by atomic mass is 10.1. The van der Waals surface area contributed by atoms with Crippen LogP contribution in [0.4, 0.5) is 0 Å². The quantitative estimate of drug-likeness (QED) is 0.637. The minimum atomic E-state index is -0.169. The molecule has 118 valence electrons. The summed E-state index contributed by atoms with van der Waals surface area (Å²) in [4.78, 5) is 13.8. The van der Waals surface area contributed by atoms with Crippen LogP contribution in [-0.2, 0) is 4.79 Å². The predicted molar refractivity (Wildman–Crippen MR) is 86.9 cm³/mol. The molecule has 1 aliphatic heterocycles. The molecule has 1 fully saturated rings. The molecule has 0 bridgehead atoms. The Bertz CT molecular complexity index is 617. The van der Waals surface area contributed by atoms with E-state index in [4.69, 9.17) is 21.7 Å². The molecule has 0 aromatic heterocycles. The number of phenolic OH excluding ortho intramolecular Hbond substituents is 1. The van der Waals surface area contributed by atoms with Crippen LogP contribution in [0, 0.1) is 0 Å². The highest BCUT2D eigenvalue weighted by Gasteiger charge is 2.29. The van der Waals surface area contributed by atoms with Gasteiger partial charge in [-0.1, -0.05) is 6.92 Å². The van der Waals surface area contributed by atoms with Gasteiger partial charge in [-0.25, -0.2) is 0 Å². The van der Waals surface area contributed by atoms with Crippen LogP contribution < -0.4 is 14.8 Å².